The lowest BCUT2D eigenvalue weighted by Gasteiger charge is -2.67. The molecular weight excluding hydrogens is 170 g/mol. The molecule has 0 aromatic heterocycles. The molecule has 0 radical (unpaired) electrons. The van der Waals surface area contributed by atoms with Crippen LogP contribution < -0.4 is 0 Å². The molecule has 1 unspecified atom stereocenters. The number of quaternary nitrogens is 1. The Morgan fingerprint density at radius 3 is 1.79 bits per heavy atom. The van der Waals surface area contributed by atoms with E-state index in [4.69, 9.17) is 0 Å². The van der Waals surface area contributed by atoms with Crippen molar-refractivity contribution in [3.8, 4) is 0 Å². The predicted molar refractivity (Wildman–Crippen MR) is 61.1 cm³/mol. The van der Waals surface area contributed by atoms with Gasteiger partial charge >= 0.3 is 0 Å². The summed E-state index contributed by atoms with van der Waals surface area (Å²) in [5.74, 6) is 1.90. The molecule has 0 spiro atoms. The fourth-order valence-corrected chi connectivity index (χ4v) is 4.20. The smallest absolute Gasteiger partial charge is 0.0940 e. The van der Waals surface area contributed by atoms with E-state index in [0.717, 1.165) is 11.8 Å². The monoisotopic (exact) mass is 196 g/mol. The highest BCUT2D eigenvalue weighted by molar-refractivity contribution is 4.96. The number of hydrogen-bond donors (Lipinski definition) is 0. The highest BCUT2D eigenvalue weighted by Gasteiger charge is 2.61. The van der Waals surface area contributed by atoms with Crippen molar-refractivity contribution in [2.75, 3.05) is 13.6 Å². The first-order valence-electron chi connectivity index (χ1n) is 6.05. The fourth-order valence-electron chi connectivity index (χ4n) is 4.20. The molecule has 0 aromatic carbocycles. The van der Waals surface area contributed by atoms with Crippen LogP contribution in [0, 0.1) is 11.8 Å². The van der Waals surface area contributed by atoms with Crippen molar-refractivity contribution in [3.05, 3.63) is 0 Å². The summed E-state index contributed by atoms with van der Waals surface area (Å²) in [6, 6.07) is 0. The van der Waals surface area contributed by atoms with Crippen molar-refractivity contribution in [3.63, 3.8) is 0 Å². The molecule has 1 atom stereocenters. The first kappa shape index (κ1) is 10.5. The quantitative estimate of drug-likeness (QED) is 0.522. The summed E-state index contributed by atoms with van der Waals surface area (Å²) >= 11 is 0. The maximum Gasteiger partial charge on any atom is 0.0940 e. The Morgan fingerprint density at radius 1 is 1.00 bits per heavy atom. The van der Waals surface area contributed by atoms with Crippen LogP contribution in [0.2, 0.25) is 0 Å². The summed E-state index contributed by atoms with van der Waals surface area (Å²) in [5, 5.41) is 0. The van der Waals surface area contributed by atoms with E-state index in [2.05, 4.69) is 41.7 Å². The van der Waals surface area contributed by atoms with Crippen LogP contribution in [-0.4, -0.2) is 29.2 Å². The van der Waals surface area contributed by atoms with Crippen molar-refractivity contribution in [1.82, 2.24) is 0 Å². The van der Waals surface area contributed by atoms with Gasteiger partial charge in [-0.15, -0.1) is 0 Å². The summed E-state index contributed by atoms with van der Waals surface area (Å²) in [7, 11) is 2.48. The SMILES string of the molecule is CC1C[N+]2(C)C(C)(C)CC1CC2(C)C. The Balaban J connectivity index is 2.44. The number of rotatable bonds is 0. The summed E-state index contributed by atoms with van der Waals surface area (Å²) < 4.78 is 1.28. The highest BCUT2D eigenvalue weighted by Crippen LogP contribution is 2.54. The number of hydrogen-bond acceptors (Lipinski definition) is 0. The lowest BCUT2D eigenvalue weighted by Crippen LogP contribution is -2.77. The van der Waals surface area contributed by atoms with Crippen molar-refractivity contribution in [2.24, 2.45) is 11.8 Å². The summed E-state index contributed by atoms with van der Waals surface area (Å²) in [4.78, 5) is 0. The van der Waals surface area contributed by atoms with E-state index in [1.54, 1.807) is 0 Å². The second-order valence-electron chi connectivity index (χ2n) is 7.14. The van der Waals surface area contributed by atoms with Crippen molar-refractivity contribution >= 4 is 0 Å². The van der Waals surface area contributed by atoms with E-state index in [1.165, 1.54) is 23.9 Å². The van der Waals surface area contributed by atoms with Gasteiger partial charge in [-0.05, 0) is 33.6 Å². The molecule has 14 heavy (non-hydrogen) atoms. The third kappa shape index (κ3) is 1.05. The molecule has 0 aliphatic carbocycles. The molecule has 3 heterocycles. The van der Waals surface area contributed by atoms with Gasteiger partial charge in [0.05, 0.1) is 24.7 Å². The Bertz CT molecular complexity index is 234. The van der Waals surface area contributed by atoms with Crippen LogP contribution in [0.3, 0.4) is 0 Å². The second-order valence-corrected chi connectivity index (χ2v) is 7.14. The molecule has 0 aromatic rings. The normalized spacial score (nSPS) is 49.3. The maximum absolute atomic E-state index is 2.48. The molecule has 3 fully saturated rings. The van der Waals surface area contributed by atoms with Gasteiger partial charge in [-0.2, -0.15) is 0 Å². The Hall–Kier alpha value is -0.0400. The van der Waals surface area contributed by atoms with Crippen molar-refractivity contribution in [1.29, 1.82) is 0 Å². The Morgan fingerprint density at radius 2 is 1.43 bits per heavy atom. The predicted octanol–water partition coefficient (Wildman–Crippen LogP) is 3.05. The minimum Gasteiger partial charge on any atom is -0.317 e. The number of fused-ring (bicyclic) bond motifs is 3. The first-order valence-corrected chi connectivity index (χ1v) is 6.05. The fraction of sp³-hybridized carbons (Fsp3) is 1.00. The van der Waals surface area contributed by atoms with Crippen LogP contribution in [0.1, 0.15) is 47.5 Å². The van der Waals surface area contributed by atoms with Gasteiger partial charge in [0.2, 0.25) is 0 Å². The molecule has 0 saturated carbocycles. The van der Waals surface area contributed by atoms with Crippen LogP contribution in [0.25, 0.3) is 0 Å². The zero-order chi connectivity index (χ0) is 10.8. The molecule has 82 valence electrons. The van der Waals surface area contributed by atoms with Gasteiger partial charge in [-0.25, -0.2) is 0 Å². The molecule has 1 heteroatoms. The summed E-state index contributed by atoms with van der Waals surface area (Å²) in [6.07, 6.45) is 2.85. The van der Waals surface area contributed by atoms with E-state index in [1.807, 2.05) is 0 Å². The van der Waals surface area contributed by atoms with E-state index in [0.29, 0.717) is 11.1 Å². The standard InChI is InChI=1S/C13H26N/c1-10-9-14(6)12(2,3)7-11(10)8-13(14,4)5/h10-11H,7-9H2,1-6H3/q+1. The molecule has 3 rings (SSSR count). The van der Waals surface area contributed by atoms with Gasteiger partial charge in [0.25, 0.3) is 0 Å². The van der Waals surface area contributed by atoms with Gasteiger partial charge < -0.3 is 4.48 Å². The van der Waals surface area contributed by atoms with Crippen LogP contribution in [0.15, 0.2) is 0 Å². The van der Waals surface area contributed by atoms with Crippen LogP contribution in [0.4, 0.5) is 0 Å². The number of piperidine rings is 3. The topological polar surface area (TPSA) is 0 Å². The molecule has 0 N–H and O–H groups in total. The minimum atomic E-state index is 0.485. The Kier molecular flexibility index (Phi) is 1.91. The third-order valence-corrected chi connectivity index (χ3v) is 5.65. The molecule has 0 amide bonds. The molecule has 2 bridgehead atoms. The van der Waals surface area contributed by atoms with E-state index >= 15 is 0 Å². The highest BCUT2D eigenvalue weighted by atomic mass is 15.4. The largest absolute Gasteiger partial charge is 0.317 e. The molecular formula is C13H26N+. The van der Waals surface area contributed by atoms with Crippen LogP contribution >= 0.6 is 0 Å². The van der Waals surface area contributed by atoms with Gasteiger partial charge in [0, 0.05) is 18.8 Å². The van der Waals surface area contributed by atoms with Gasteiger partial charge in [0.15, 0.2) is 0 Å². The molecule has 3 aliphatic heterocycles. The number of nitrogens with zero attached hydrogens (tertiary/aromatic N) is 1. The third-order valence-electron chi connectivity index (χ3n) is 5.65. The zero-order valence-electron chi connectivity index (χ0n) is 10.7. The van der Waals surface area contributed by atoms with Crippen LogP contribution in [0.5, 0.6) is 0 Å². The Labute approximate surface area is 89.1 Å². The molecule has 3 saturated heterocycles. The maximum atomic E-state index is 2.48. The van der Waals surface area contributed by atoms with Gasteiger partial charge in [0.1, 0.15) is 0 Å². The second kappa shape index (κ2) is 2.55. The van der Waals surface area contributed by atoms with E-state index < -0.39 is 0 Å². The van der Waals surface area contributed by atoms with Crippen LogP contribution in [-0.2, 0) is 0 Å². The van der Waals surface area contributed by atoms with Gasteiger partial charge in [-0.3, -0.25) is 0 Å². The van der Waals surface area contributed by atoms with Crippen molar-refractivity contribution in [2.45, 2.75) is 58.5 Å². The molecule has 3 aliphatic rings. The average molecular weight is 196 g/mol. The summed E-state index contributed by atoms with van der Waals surface area (Å²) in [5.41, 5.74) is 0.970. The lowest BCUT2D eigenvalue weighted by atomic mass is 9.62. The van der Waals surface area contributed by atoms with E-state index in [9.17, 15) is 0 Å². The zero-order valence-corrected chi connectivity index (χ0v) is 10.7. The van der Waals surface area contributed by atoms with Crippen molar-refractivity contribution < 1.29 is 4.48 Å². The van der Waals surface area contributed by atoms with Gasteiger partial charge in [-0.1, -0.05) is 6.92 Å². The average Bonchev–Trinajstić information content (AvgIpc) is 1.96. The summed E-state index contributed by atoms with van der Waals surface area (Å²) in [6.45, 7) is 13.7. The minimum absolute atomic E-state index is 0.485. The molecule has 1 nitrogen and oxygen atoms in total. The first-order chi connectivity index (χ1) is 6.20. The lowest BCUT2D eigenvalue weighted by molar-refractivity contribution is -1.02. The van der Waals surface area contributed by atoms with E-state index in [-0.39, 0.29) is 0 Å².